The quantitative estimate of drug-likeness (QED) is 0.876. The van der Waals surface area contributed by atoms with Crippen LogP contribution in [0.15, 0.2) is 24.3 Å². The average molecular weight is 259 g/mol. The molecule has 0 amide bonds. The zero-order valence-electron chi connectivity index (χ0n) is 12.0. The van der Waals surface area contributed by atoms with Crippen LogP contribution < -0.4 is 5.73 Å². The predicted octanol–water partition coefficient (Wildman–Crippen LogP) is 1.64. The van der Waals surface area contributed by atoms with E-state index < -0.39 is 0 Å². The van der Waals surface area contributed by atoms with Crippen molar-refractivity contribution in [2.24, 2.45) is 5.73 Å². The van der Waals surface area contributed by atoms with E-state index in [1.807, 2.05) is 0 Å². The highest BCUT2D eigenvalue weighted by Gasteiger charge is 2.35. The summed E-state index contributed by atoms with van der Waals surface area (Å²) in [4.78, 5) is 4.98. The molecule has 1 aliphatic carbocycles. The fraction of sp³-hybridized carbons (Fsp3) is 0.625. The smallest absolute Gasteiger partial charge is 0.0459 e. The van der Waals surface area contributed by atoms with Crippen molar-refractivity contribution < 1.29 is 0 Å². The first-order valence-corrected chi connectivity index (χ1v) is 7.40. The molecule has 0 aromatic heterocycles. The molecule has 2 atom stereocenters. The first kappa shape index (κ1) is 13.1. The van der Waals surface area contributed by atoms with Gasteiger partial charge in [0.1, 0.15) is 0 Å². The van der Waals surface area contributed by atoms with Gasteiger partial charge in [-0.3, -0.25) is 4.90 Å². The molecule has 0 radical (unpaired) electrons. The van der Waals surface area contributed by atoms with Crippen LogP contribution in [0.1, 0.15) is 30.0 Å². The first-order valence-electron chi connectivity index (χ1n) is 7.40. The standard InChI is InChI=1S/C16H25N3/c1-18(2)13-7-9-19(10-8-13)15-11-12-5-3-4-6-14(12)16(15)17/h3-6,13,15-16H,7-11,17H2,1-2H3. The van der Waals surface area contributed by atoms with Crippen LogP contribution in [0.3, 0.4) is 0 Å². The van der Waals surface area contributed by atoms with Crippen LogP contribution in [-0.4, -0.2) is 49.1 Å². The Bertz CT molecular complexity index is 435. The van der Waals surface area contributed by atoms with Crippen LogP contribution in [0.2, 0.25) is 0 Å². The maximum absolute atomic E-state index is 6.46. The molecule has 2 aliphatic rings. The fourth-order valence-corrected chi connectivity index (χ4v) is 3.69. The lowest BCUT2D eigenvalue weighted by atomic mass is 10.00. The monoisotopic (exact) mass is 259 g/mol. The third kappa shape index (κ3) is 2.42. The summed E-state index contributed by atoms with van der Waals surface area (Å²) in [5.74, 6) is 0. The lowest BCUT2D eigenvalue weighted by Gasteiger charge is -2.39. The van der Waals surface area contributed by atoms with Gasteiger partial charge in [0.05, 0.1) is 0 Å². The number of piperidine rings is 1. The first-order chi connectivity index (χ1) is 9.16. The van der Waals surface area contributed by atoms with Gasteiger partial charge in [-0.1, -0.05) is 24.3 Å². The van der Waals surface area contributed by atoms with Crippen LogP contribution in [0.4, 0.5) is 0 Å². The molecule has 1 aromatic rings. The number of fused-ring (bicyclic) bond motifs is 1. The van der Waals surface area contributed by atoms with Crippen molar-refractivity contribution in [1.29, 1.82) is 0 Å². The minimum absolute atomic E-state index is 0.201. The summed E-state index contributed by atoms with van der Waals surface area (Å²) in [7, 11) is 4.38. The van der Waals surface area contributed by atoms with Crippen LogP contribution in [0.5, 0.6) is 0 Å². The van der Waals surface area contributed by atoms with Gasteiger partial charge < -0.3 is 10.6 Å². The van der Waals surface area contributed by atoms with Gasteiger partial charge in [0.2, 0.25) is 0 Å². The molecule has 1 saturated heterocycles. The number of nitrogens with two attached hydrogens (primary N) is 1. The molecule has 19 heavy (non-hydrogen) atoms. The molecule has 0 saturated carbocycles. The van der Waals surface area contributed by atoms with Gasteiger partial charge in [0.25, 0.3) is 0 Å². The minimum Gasteiger partial charge on any atom is -0.323 e. The van der Waals surface area contributed by atoms with E-state index in [9.17, 15) is 0 Å². The van der Waals surface area contributed by atoms with Gasteiger partial charge in [0, 0.05) is 31.2 Å². The van der Waals surface area contributed by atoms with Crippen molar-refractivity contribution in [3.05, 3.63) is 35.4 Å². The Hall–Kier alpha value is -0.900. The largest absolute Gasteiger partial charge is 0.323 e. The molecular formula is C16H25N3. The maximum atomic E-state index is 6.46. The van der Waals surface area contributed by atoms with Crippen LogP contribution in [-0.2, 0) is 6.42 Å². The second-order valence-electron chi connectivity index (χ2n) is 6.23. The molecule has 0 bridgehead atoms. The van der Waals surface area contributed by atoms with Crippen molar-refractivity contribution >= 4 is 0 Å². The molecule has 3 rings (SSSR count). The number of rotatable bonds is 2. The Balaban J connectivity index is 1.67. The summed E-state index contributed by atoms with van der Waals surface area (Å²) in [5.41, 5.74) is 9.28. The van der Waals surface area contributed by atoms with E-state index in [1.54, 1.807) is 0 Å². The van der Waals surface area contributed by atoms with Crippen LogP contribution >= 0.6 is 0 Å². The molecule has 1 aromatic carbocycles. The molecule has 1 fully saturated rings. The lowest BCUT2D eigenvalue weighted by Crippen LogP contribution is -2.48. The predicted molar refractivity (Wildman–Crippen MR) is 79.1 cm³/mol. The number of hydrogen-bond acceptors (Lipinski definition) is 3. The van der Waals surface area contributed by atoms with E-state index in [-0.39, 0.29) is 6.04 Å². The molecule has 104 valence electrons. The second kappa shape index (κ2) is 5.23. The molecule has 1 heterocycles. The Morgan fingerprint density at radius 3 is 2.47 bits per heavy atom. The molecule has 1 aliphatic heterocycles. The maximum Gasteiger partial charge on any atom is 0.0459 e. The zero-order valence-corrected chi connectivity index (χ0v) is 12.0. The van der Waals surface area contributed by atoms with Gasteiger partial charge in [-0.2, -0.15) is 0 Å². The highest BCUT2D eigenvalue weighted by molar-refractivity contribution is 5.36. The topological polar surface area (TPSA) is 32.5 Å². The fourth-order valence-electron chi connectivity index (χ4n) is 3.69. The second-order valence-corrected chi connectivity index (χ2v) is 6.23. The van der Waals surface area contributed by atoms with E-state index in [1.165, 1.54) is 37.1 Å². The third-order valence-electron chi connectivity index (χ3n) is 4.96. The number of likely N-dealkylation sites (tertiary alicyclic amines) is 1. The van der Waals surface area contributed by atoms with Gasteiger partial charge >= 0.3 is 0 Å². The van der Waals surface area contributed by atoms with Crippen molar-refractivity contribution in [2.75, 3.05) is 27.2 Å². The van der Waals surface area contributed by atoms with E-state index in [4.69, 9.17) is 5.73 Å². The van der Waals surface area contributed by atoms with Gasteiger partial charge in [0.15, 0.2) is 0 Å². The summed E-state index contributed by atoms with van der Waals surface area (Å²) in [6, 6.07) is 10.1. The normalized spacial score (nSPS) is 28.8. The van der Waals surface area contributed by atoms with Crippen molar-refractivity contribution in [1.82, 2.24) is 9.80 Å². The van der Waals surface area contributed by atoms with Gasteiger partial charge in [-0.05, 0) is 44.5 Å². The number of benzene rings is 1. The van der Waals surface area contributed by atoms with Crippen LogP contribution in [0.25, 0.3) is 0 Å². The SMILES string of the molecule is CN(C)C1CCN(C2Cc3ccccc3C2N)CC1. The highest BCUT2D eigenvalue weighted by atomic mass is 15.2. The molecule has 3 heteroatoms. The van der Waals surface area contributed by atoms with E-state index in [2.05, 4.69) is 48.2 Å². The summed E-state index contributed by atoms with van der Waals surface area (Å²) < 4.78 is 0. The molecule has 2 unspecified atom stereocenters. The number of hydrogen-bond donors (Lipinski definition) is 1. The van der Waals surface area contributed by atoms with Gasteiger partial charge in [-0.25, -0.2) is 0 Å². The third-order valence-corrected chi connectivity index (χ3v) is 4.96. The minimum atomic E-state index is 0.201. The van der Waals surface area contributed by atoms with Crippen molar-refractivity contribution in [3.63, 3.8) is 0 Å². The molecule has 3 nitrogen and oxygen atoms in total. The zero-order chi connectivity index (χ0) is 13.4. The lowest BCUT2D eigenvalue weighted by molar-refractivity contribution is 0.101. The Morgan fingerprint density at radius 2 is 1.84 bits per heavy atom. The van der Waals surface area contributed by atoms with Gasteiger partial charge in [-0.15, -0.1) is 0 Å². The van der Waals surface area contributed by atoms with Crippen LogP contribution in [0, 0.1) is 0 Å². The van der Waals surface area contributed by atoms with E-state index in [0.717, 1.165) is 12.5 Å². The Morgan fingerprint density at radius 1 is 1.16 bits per heavy atom. The molecule has 2 N–H and O–H groups in total. The highest BCUT2D eigenvalue weighted by Crippen LogP contribution is 2.34. The van der Waals surface area contributed by atoms with E-state index in [0.29, 0.717) is 6.04 Å². The van der Waals surface area contributed by atoms with Crippen molar-refractivity contribution in [2.45, 2.75) is 37.4 Å². The average Bonchev–Trinajstić information content (AvgIpc) is 2.77. The molecule has 0 spiro atoms. The summed E-state index contributed by atoms with van der Waals surface area (Å²) >= 11 is 0. The summed E-state index contributed by atoms with van der Waals surface area (Å²) in [6.45, 7) is 2.38. The Kier molecular flexibility index (Phi) is 3.61. The molecular weight excluding hydrogens is 234 g/mol. The van der Waals surface area contributed by atoms with Crippen molar-refractivity contribution in [3.8, 4) is 0 Å². The summed E-state index contributed by atoms with van der Waals surface area (Å²) in [6.07, 6.45) is 3.67. The van der Waals surface area contributed by atoms with E-state index >= 15 is 0 Å². The Labute approximate surface area is 116 Å². The summed E-state index contributed by atoms with van der Waals surface area (Å²) in [5, 5.41) is 0. The number of nitrogens with zero attached hydrogens (tertiary/aromatic N) is 2.